The maximum atomic E-state index is 13.0. The normalized spacial score (nSPS) is 14.8. The molecule has 0 radical (unpaired) electrons. The van der Waals surface area contributed by atoms with Gasteiger partial charge in [-0.2, -0.15) is 13.2 Å². The second-order valence-corrected chi connectivity index (χ2v) is 4.14. The Bertz CT molecular complexity index is 392. The van der Waals surface area contributed by atoms with E-state index in [-0.39, 0.29) is 23.9 Å². The van der Waals surface area contributed by atoms with Crippen LogP contribution in [0.1, 0.15) is 37.4 Å². The van der Waals surface area contributed by atoms with Gasteiger partial charge >= 0.3 is 6.18 Å². The van der Waals surface area contributed by atoms with Crippen LogP contribution in [0.2, 0.25) is 0 Å². The first-order valence-electron chi connectivity index (χ1n) is 5.39. The van der Waals surface area contributed by atoms with Crippen LogP contribution in [0.5, 0.6) is 0 Å². The molecule has 0 amide bonds. The molecule has 104 valence electrons. The van der Waals surface area contributed by atoms with Gasteiger partial charge in [-0.25, -0.2) is 4.39 Å². The molecule has 1 aromatic rings. The number of nitrogens with two attached hydrogens (primary N) is 1. The fourth-order valence-corrected chi connectivity index (χ4v) is 1.63. The van der Waals surface area contributed by atoms with Gasteiger partial charge in [0, 0.05) is 6.04 Å². The van der Waals surface area contributed by atoms with E-state index in [9.17, 15) is 17.6 Å². The highest BCUT2D eigenvalue weighted by molar-refractivity contribution is 5.85. The second-order valence-electron chi connectivity index (χ2n) is 4.14. The molecule has 1 nitrogen and oxygen atoms in total. The molecule has 1 aromatic carbocycles. The van der Waals surface area contributed by atoms with E-state index in [1.54, 1.807) is 6.92 Å². The summed E-state index contributed by atoms with van der Waals surface area (Å²) in [5.41, 5.74) is 4.72. The molecular formula is C12H16ClF4N. The molecule has 1 unspecified atom stereocenters. The van der Waals surface area contributed by atoms with Crippen LogP contribution in [0.4, 0.5) is 17.6 Å². The van der Waals surface area contributed by atoms with E-state index in [2.05, 4.69) is 0 Å². The molecule has 2 N–H and O–H groups in total. The fraction of sp³-hybridized carbons (Fsp3) is 0.500. The van der Waals surface area contributed by atoms with E-state index in [0.29, 0.717) is 6.42 Å². The Kier molecular flexibility index (Phi) is 6.10. The summed E-state index contributed by atoms with van der Waals surface area (Å²) in [5.74, 6) is -0.843. The topological polar surface area (TPSA) is 26.0 Å². The van der Waals surface area contributed by atoms with Gasteiger partial charge in [-0.15, -0.1) is 12.4 Å². The van der Waals surface area contributed by atoms with Crippen molar-refractivity contribution in [1.82, 2.24) is 0 Å². The zero-order chi connectivity index (χ0) is 13.2. The van der Waals surface area contributed by atoms with Gasteiger partial charge in [0.1, 0.15) is 5.82 Å². The lowest BCUT2D eigenvalue weighted by atomic mass is 9.90. The van der Waals surface area contributed by atoms with Crippen molar-refractivity contribution >= 4 is 12.4 Å². The number of benzene rings is 1. The summed E-state index contributed by atoms with van der Waals surface area (Å²) < 4.78 is 51.2. The van der Waals surface area contributed by atoms with Gasteiger partial charge in [-0.3, -0.25) is 0 Å². The third-order valence-electron chi connectivity index (χ3n) is 2.94. The van der Waals surface area contributed by atoms with E-state index in [1.165, 1.54) is 0 Å². The van der Waals surface area contributed by atoms with Crippen LogP contribution in [-0.4, -0.2) is 0 Å². The first-order chi connectivity index (χ1) is 7.77. The van der Waals surface area contributed by atoms with Crippen LogP contribution in [0.3, 0.4) is 0 Å². The maximum Gasteiger partial charge on any atom is 0.416 e. The molecular weight excluding hydrogens is 270 g/mol. The smallest absolute Gasteiger partial charge is 0.324 e. The van der Waals surface area contributed by atoms with Gasteiger partial charge in [0.15, 0.2) is 0 Å². The molecule has 0 saturated carbocycles. The van der Waals surface area contributed by atoms with Crippen molar-refractivity contribution in [2.75, 3.05) is 0 Å². The van der Waals surface area contributed by atoms with Gasteiger partial charge in [0.25, 0.3) is 0 Å². The van der Waals surface area contributed by atoms with Crippen LogP contribution in [0.15, 0.2) is 18.2 Å². The Hall–Kier alpha value is -0.810. The predicted octanol–water partition coefficient (Wildman–Crippen LogP) is 4.31. The number of rotatable bonds is 3. The zero-order valence-corrected chi connectivity index (χ0v) is 10.9. The average Bonchev–Trinajstić information content (AvgIpc) is 2.25. The largest absolute Gasteiger partial charge is 0.416 e. The molecule has 2 atom stereocenters. The van der Waals surface area contributed by atoms with Crippen molar-refractivity contribution in [2.45, 2.75) is 32.5 Å². The summed E-state index contributed by atoms with van der Waals surface area (Å²) in [7, 11) is 0. The summed E-state index contributed by atoms with van der Waals surface area (Å²) in [6.07, 6.45) is -3.87. The molecule has 0 aliphatic carbocycles. The van der Waals surface area contributed by atoms with E-state index >= 15 is 0 Å². The first kappa shape index (κ1) is 17.2. The van der Waals surface area contributed by atoms with Gasteiger partial charge in [-0.1, -0.05) is 20.3 Å². The van der Waals surface area contributed by atoms with Crippen molar-refractivity contribution in [2.24, 2.45) is 11.7 Å². The number of hydrogen-bond acceptors (Lipinski definition) is 1. The van der Waals surface area contributed by atoms with Crippen molar-refractivity contribution in [3.63, 3.8) is 0 Å². The molecule has 0 saturated heterocycles. The molecule has 18 heavy (non-hydrogen) atoms. The van der Waals surface area contributed by atoms with E-state index in [4.69, 9.17) is 5.73 Å². The molecule has 0 heterocycles. The van der Waals surface area contributed by atoms with Crippen LogP contribution in [-0.2, 0) is 6.18 Å². The molecule has 0 aliphatic rings. The fourth-order valence-electron chi connectivity index (χ4n) is 1.63. The number of alkyl halides is 3. The predicted molar refractivity (Wildman–Crippen MR) is 65.0 cm³/mol. The Morgan fingerprint density at radius 3 is 2.28 bits per heavy atom. The molecule has 0 aliphatic heterocycles. The average molecular weight is 286 g/mol. The summed E-state index contributed by atoms with van der Waals surface area (Å²) in [5, 5.41) is 0. The van der Waals surface area contributed by atoms with Crippen LogP contribution >= 0.6 is 12.4 Å². The lowest BCUT2D eigenvalue weighted by molar-refractivity contribution is -0.138. The minimum absolute atomic E-state index is 0. The maximum absolute atomic E-state index is 13.0. The van der Waals surface area contributed by atoms with Crippen LogP contribution in [0.25, 0.3) is 0 Å². The second kappa shape index (κ2) is 6.38. The highest BCUT2D eigenvalue weighted by Crippen LogP contribution is 2.36. The van der Waals surface area contributed by atoms with E-state index in [0.717, 1.165) is 18.2 Å². The van der Waals surface area contributed by atoms with Crippen molar-refractivity contribution in [3.8, 4) is 0 Å². The molecule has 0 fully saturated rings. The minimum atomic E-state index is -4.51. The quantitative estimate of drug-likeness (QED) is 0.823. The van der Waals surface area contributed by atoms with Crippen molar-refractivity contribution in [3.05, 3.63) is 35.1 Å². The van der Waals surface area contributed by atoms with Gasteiger partial charge < -0.3 is 5.73 Å². The van der Waals surface area contributed by atoms with Crippen LogP contribution in [0, 0.1) is 11.7 Å². The lowest BCUT2D eigenvalue weighted by Gasteiger charge is -2.22. The van der Waals surface area contributed by atoms with E-state index < -0.39 is 23.6 Å². The Morgan fingerprint density at radius 1 is 1.28 bits per heavy atom. The first-order valence-corrected chi connectivity index (χ1v) is 5.39. The summed E-state index contributed by atoms with van der Waals surface area (Å²) in [4.78, 5) is 0. The molecule has 1 rings (SSSR count). The number of hydrogen-bond donors (Lipinski definition) is 1. The van der Waals surface area contributed by atoms with Gasteiger partial charge in [0.05, 0.1) is 5.56 Å². The third-order valence-corrected chi connectivity index (χ3v) is 2.94. The molecule has 0 aromatic heterocycles. The summed E-state index contributed by atoms with van der Waals surface area (Å²) >= 11 is 0. The van der Waals surface area contributed by atoms with Crippen molar-refractivity contribution < 1.29 is 17.6 Å². The summed E-state index contributed by atoms with van der Waals surface area (Å²) in [6, 6.07) is 1.61. The van der Waals surface area contributed by atoms with Gasteiger partial charge in [0.2, 0.25) is 0 Å². The Balaban J connectivity index is 0.00000289. The Morgan fingerprint density at radius 2 is 1.83 bits per heavy atom. The van der Waals surface area contributed by atoms with Crippen LogP contribution < -0.4 is 5.73 Å². The SMILES string of the molecule is CCC(C)[C@@H](N)c1cc(F)ccc1C(F)(F)F.Cl. The molecule has 0 bridgehead atoms. The lowest BCUT2D eigenvalue weighted by Crippen LogP contribution is -2.23. The highest BCUT2D eigenvalue weighted by Gasteiger charge is 2.35. The Labute approximate surface area is 110 Å². The van der Waals surface area contributed by atoms with E-state index in [1.807, 2.05) is 6.92 Å². The molecule has 0 spiro atoms. The summed E-state index contributed by atoms with van der Waals surface area (Å²) in [6.45, 7) is 3.58. The molecule has 6 heteroatoms. The zero-order valence-electron chi connectivity index (χ0n) is 10.1. The van der Waals surface area contributed by atoms with Gasteiger partial charge in [-0.05, 0) is 29.7 Å². The minimum Gasteiger partial charge on any atom is -0.324 e. The standard InChI is InChI=1S/C12H15F4N.ClH/c1-3-7(2)11(17)9-6-8(13)4-5-10(9)12(14,15)16;/h4-7,11H,3,17H2,1-2H3;1H/t7?,11-;/m1./s1. The highest BCUT2D eigenvalue weighted by atomic mass is 35.5. The monoisotopic (exact) mass is 285 g/mol. The number of halogens is 5. The third kappa shape index (κ3) is 3.85. The van der Waals surface area contributed by atoms with Crippen molar-refractivity contribution in [1.29, 1.82) is 0 Å².